The molecule has 0 rings (SSSR count). The Balaban J connectivity index is 4.23. The fraction of sp³-hybridized carbons (Fsp3) is 0.750. The van der Waals surface area contributed by atoms with Crippen LogP contribution in [0.5, 0.6) is 0 Å². The molecule has 0 aliphatic heterocycles. The van der Waals surface area contributed by atoms with Gasteiger partial charge in [-0.05, 0) is 46.1 Å². The van der Waals surface area contributed by atoms with Crippen molar-refractivity contribution in [2.75, 3.05) is 13.2 Å². The minimum Gasteiger partial charge on any atom is -0.484 e. The number of allylic oxidation sites excluding steroid dienone is 1. The Morgan fingerprint density at radius 1 is 1.38 bits per heavy atom. The summed E-state index contributed by atoms with van der Waals surface area (Å²) in [5, 5.41) is 8.63. The molecule has 0 spiro atoms. The summed E-state index contributed by atoms with van der Waals surface area (Å²) in [6.07, 6.45) is 3.96. The summed E-state index contributed by atoms with van der Waals surface area (Å²) in [4.78, 5) is 11.5. The molecule has 0 bridgehead atoms. The number of carbonyl (C=O) groups is 1. The molecule has 0 fully saturated rings. The maximum atomic E-state index is 11.5. The number of ether oxygens (including phenoxy) is 2. The first-order valence-corrected chi connectivity index (χ1v) is 5.76. The summed E-state index contributed by atoms with van der Waals surface area (Å²) < 4.78 is 10.2. The molecule has 16 heavy (non-hydrogen) atoms. The first-order valence-electron chi connectivity index (χ1n) is 5.76. The lowest BCUT2D eigenvalue weighted by atomic mass is 10.2. The third-order valence-electron chi connectivity index (χ3n) is 1.78. The van der Waals surface area contributed by atoms with Gasteiger partial charge in [-0.1, -0.05) is 0 Å². The van der Waals surface area contributed by atoms with Crippen LogP contribution >= 0.6 is 0 Å². The van der Waals surface area contributed by atoms with Crippen LogP contribution in [-0.4, -0.2) is 30.4 Å². The predicted molar refractivity (Wildman–Crippen MR) is 61.9 cm³/mol. The summed E-state index contributed by atoms with van der Waals surface area (Å²) in [5.74, 6) is -0.144. The largest absolute Gasteiger partial charge is 0.484 e. The smallest absolute Gasteiger partial charge is 0.373 e. The first-order chi connectivity index (χ1) is 7.61. The average Bonchev–Trinajstić information content (AvgIpc) is 2.22. The Hall–Kier alpha value is -1.03. The Kier molecular flexibility index (Phi) is 8.62. The zero-order valence-electron chi connectivity index (χ0n) is 10.4. The van der Waals surface area contributed by atoms with Gasteiger partial charge in [0.2, 0.25) is 5.76 Å². The molecule has 0 radical (unpaired) electrons. The monoisotopic (exact) mass is 230 g/mol. The number of aliphatic hydroxyl groups is 1. The van der Waals surface area contributed by atoms with Gasteiger partial charge in [-0.3, -0.25) is 0 Å². The zero-order chi connectivity index (χ0) is 12.4. The molecular weight excluding hydrogens is 208 g/mol. The Morgan fingerprint density at radius 2 is 2.06 bits per heavy atom. The quantitative estimate of drug-likeness (QED) is 0.300. The second-order valence-corrected chi connectivity index (χ2v) is 3.67. The van der Waals surface area contributed by atoms with Crippen LogP contribution in [0, 0.1) is 0 Å². The van der Waals surface area contributed by atoms with E-state index in [4.69, 9.17) is 14.6 Å². The van der Waals surface area contributed by atoms with Gasteiger partial charge in [-0.2, -0.15) is 0 Å². The fourth-order valence-corrected chi connectivity index (χ4v) is 1.13. The van der Waals surface area contributed by atoms with E-state index >= 15 is 0 Å². The third kappa shape index (κ3) is 7.29. The first kappa shape index (κ1) is 15.0. The van der Waals surface area contributed by atoms with E-state index in [1.54, 1.807) is 13.0 Å². The molecule has 4 nitrogen and oxygen atoms in total. The van der Waals surface area contributed by atoms with E-state index in [0.29, 0.717) is 13.0 Å². The second kappa shape index (κ2) is 9.21. The van der Waals surface area contributed by atoms with Crippen molar-refractivity contribution < 1.29 is 19.4 Å². The fourth-order valence-electron chi connectivity index (χ4n) is 1.13. The lowest BCUT2D eigenvalue weighted by molar-refractivity contribution is -0.143. The molecule has 4 heteroatoms. The molecule has 0 saturated carbocycles. The van der Waals surface area contributed by atoms with E-state index in [-0.39, 0.29) is 18.5 Å². The molecule has 0 unspecified atom stereocenters. The van der Waals surface area contributed by atoms with Crippen LogP contribution in [0.15, 0.2) is 11.8 Å². The molecule has 0 atom stereocenters. The Labute approximate surface area is 97.2 Å². The molecule has 0 amide bonds. The van der Waals surface area contributed by atoms with Crippen molar-refractivity contribution in [1.29, 1.82) is 0 Å². The van der Waals surface area contributed by atoms with Crippen molar-refractivity contribution in [3.05, 3.63) is 11.8 Å². The number of hydrogen-bond donors (Lipinski definition) is 1. The van der Waals surface area contributed by atoms with Crippen LogP contribution in [0.2, 0.25) is 0 Å². The molecule has 0 heterocycles. The number of carbonyl (C=O) groups excluding carboxylic acids is 1. The number of unbranched alkanes of at least 4 members (excludes halogenated alkanes) is 2. The van der Waals surface area contributed by atoms with Crippen molar-refractivity contribution in [3.63, 3.8) is 0 Å². The molecular formula is C12H22O4. The summed E-state index contributed by atoms with van der Waals surface area (Å²) in [7, 11) is 0. The Morgan fingerprint density at radius 3 is 2.56 bits per heavy atom. The highest BCUT2D eigenvalue weighted by atomic mass is 16.6. The normalized spacial score (nSPS) is 11.7. The van der Waals surface area contributed by atoms with Gasteiger partial charge in [0, 0.05) is 6.61 Å². The average molecular weight is 230 g/mol. The van der Waals surface area contributed by atoms with Gasteiger partial charge >= 0.3 is 5.97 Å². The van der Waals surface area contributed by atoms with Gasteiger partial charge in [0.15, 0.2) is 0 Å². The standard InChI is InChI=1S/C12H22O4/c1-4-15-12(14)11(16-10(2)3)8-6-5-7-9-13/h8,10,13H,4-7,9H2,1-3H3/b11-8-. The Bertz CT molecular complexity index is 221. The highest BCUT2D eigenvalue weighted by Crippen LogP contribution is 2.08. The maximum absolute atomic E-state index is 11.5. The minimum absolute atomic E-state index is 0.0477. The maximum Gasteiger partial charge on any atom is 0.373 e. The van der Waals surface area contributed by atoms with Crippen molar-refractivity contribution in [1.82, 2.24) is 0 Å². The van der Waals surface area contributed by atoms with Crippen molar-refractivity contribution in [3.8, 4) is 0 Å². The van der Waals surface area contributed by atoms with Crippen LogP contribution in [0.4, 0.5) is 0 Å². The van der Waals surface area contributed by atoms with Gasteiger partial charge in [0.05, 0.1) is 12.7 Å². The van der Waals surface area contributed by atoms with Gasteiger partial charge < -0.3 is 14.6 Å². The van der Waals surface area contributed by atoms with Crippen LogP contribution in [-0.2, 0) is 14.3 Å². The van der Waals surface area contributed by atoms with E-state index in [1.165, 1.54) is 0 Å². The molecule has 94 valence electrons. The molecule has 0 saturated heterocycles. The number of esters is 1. The van der Waals surface area contributed by atoms with Crippen LogP contribution in [0.25, 0.3) is 0 Å². The third-order valence-corrected chi connectivity index (χ3v) is 1.78. The van der Waals surface area contributed by atoms with Crippen molar-refractivity contribution in [2.45, 2.75) is 46.1 Å². The SMILES string of the molecule is CCOC(=O)/C(=C/CCCCO)OC(C)C. The van der Waals surface area contributed by atoms with E-state index in [1.807, 2.05) is 13.8 Å². The van der Waals surface area contributed by atoms with E-state index in [2.05, 4.69) is 0 Å². The molecule has 0 aromatic carbocycles. The van der Waals surface area contributed by atoms with Crippen molar-refractivity contribution >= 4 is 5.97 Å². The van der Waals surface area contributed by atoms with Gasteiger partial charge in [-0.25, -0.2) is 4.79 Å². The molecule has 0 aliphatic rings. The molecule has 0 aromatic heterocycles. The summed E-state index contributed by atoms with van der Waals surface area (Å²) in [5.41, 5.74) is 0. The topological polar surface area (TPSA) is 55.8 Å². The van der Waals surface area contributed by atoms with Gasteiger partial charge in [0.25, 0.3) is 0 Å². The lowest BCUT2D eigenvalue weighted by Gasteiger charge is -2.12. The van der Waals surface area contributed by atoms with E-state index in [0.717, 1.165) is 12.8 Å². The van der Waals surface area contributed by atoms with E-state index < -0.39 is 5.97 Å². The highest BCUT2D eigenvalue weighted by Gasteiger charge is 2.12. The summed E-state index contributed by atoms with van der Waals surface area (Å²) >= 11 is 0. The molecule has 0 aromatic rings. The molecule has 0 aliphatic carbocycles. The van der Waals surface area contributed by atoms with E-state index in [9.17, 15) is 4.79 Å². The predicted octanol–water partition coefficient (Wildman–Crippen LogP) is 2.02. The van der Waals surface area contributed by atoms with Gasteiger partial charge in [0.1, 0.15) is 0 Å². The second-order valence-electron chi connectivity index (χ2n) is 3.67. The highest BCUT2D eigenvalue weighted by molar-refractivity contribution is 5.86. The number of hydrogen-bond acceptors (Lipinski definition) is 4. The lowest BCUT2D eigenvalue weighted by Crippen LogP contribution is -2.14. The molecule has 1 N–H and O–H groups in total. The van der Waals surface area contributed by atoms with Gasteiger partial charge in [-0.15, -0.1) is 0 Å². The van der Waals surface area contributed by atoms with Crippen LogP contribution < -0.4 is 0 Å². The number of rotatable bonds is 8. The summed E-state index contributed by atoms with van der Waals surface area (Å²) in [6, 6.07) is 0. The summed E-state index contributed by atoms with van der Waals surface area (Å²) in [6.45, 7) is 6.00. The number of aliphatic hydroxyl groups excluding tert-OH is 1. The minimum atomic E-state index is -0.416. The van der Waals surface area contributed by atoms with Crippen molar-refractivity contribution in [2.24, 2.45) is 0 Å². The zero-order valence-corrected chi connectivity index (χ0v) is 10.4. The van der Waals surface area contributed by atoms with Crippen LogP contribution in [0.1, 0.15) is 40.0 Å². The van der Waals surface area contributed by atoms with Crippen LogP contribution in [0.3, 0.4) is 0 Å².